The summed E-state index contributed by atoms with van der Waals surface area (Å²) in [5, 5.41) is 3.17. The maximum Gasteiger partial charge on any atom is 0.408 e. The molecule has 1 amide bonds. The van der Waals surface area contributed by atoms with E-state index in [1.54, 1.807) is 0 Å². The number of ether oxygens (including phenoxy) is 1. The predicted molar refractivity (Wildman–Crippen MR) is 131 cm³/mol. The van der Waals surface area contributed by atoms with Crippen molar-refractivity contribution < 1.29 is 31.2 Å². The average molecular weight is 491 g/mol. The summed E-state index contributed by atoms with van der Waals surface area (Å²) >= 11 is 0. The molecule has 3 saturated heterocycles. The number of nitrogens with one attached hydrogen (secondary N) is 1. The van der Waals surface area contributed by atoms with Gasteiger partial charge in [-0.2, -0.15) is 0 Å². The van der Waals surface area contributed by atoms with Gasteiger partial charge in [-0.25, -0.2) is 4.79 Å². The van der Waals surface area contributed by atoms with Crippen LogP contribution in [-0.2, 0) is 4.74 Å². The van der Waals surface area contributed by atoms with E-state index in [1.165, 1.54) is 0 Å². The normalized spacial score (nSPS) is 22.8. The quantitative estimate of drug-likeness (QED) is 0.407. The highest BCUT2D eigenvalue weighted by molar-refractivity contribution is 5.96. The largest absolute Gasteiger partial charge is 1.00 e. The number of fused-ring (bicyclic) bond motifs is 3. The number of carbonyl (C=O) groups excluding carboxylic acids is 2. The number of nitrogens with zero attached hydrogens (tertiary/aromatic N) is 1. The molecule has 1 N–H and O–H groups in total. The summed E-state index contributed by atoms with van der Waals surface area (Å²) in [4.78, 5) is 26.0. The van der Waals surface area contributed by atoms with Crippen LogP contribution in [0.25, 0.3) is 0 Å². The van der Waals surface area contributed by atoms with Crippen LogP contribution in [-0.4, -0.2) is 48.6 Å². The zero-order valence-electron chi connectivity index (χ0n) is 19.7. The number of hydrogen-bond donors (Lipinski definition) is 1. The lowest BCUT2D eigenvalue weighted by Crippen LogP contribution is -3.00. The first-order valence-corrected chi connectivity index (χ1v) is 12.1. The number of piperidine rings is 3. The monoisotopic (exact) mass is 490 g/mol. The maximum absolute atomic E-state index is 13.1. The van der Waals surface area contributed by atoms with Crippen LogP contribution in [0, 0.1) is 5.92 Å². The molecular formula is C29H31ClN2O3. The van der Waals surface area contributed by atoms with E-state index < -0.39 is 12.2 Å². The minimum absolute atomic E-state index is 0. The molecule has 5 nitrogen and oxygen atoms in total. The molecule has 2 bridgehead atoms. The zero-order chi connectivity index (χ0) is 23.4. The summed E-state index contributed by atoms with van der Waals surface area (Å²) in [6.07, 6.45) is 1.18. The lowest BCUT2D eigenvalue weighted by atomic mass is 9.81. The number of carbonyl (C=O) groups is 2. The van der Waals surface area contributed by atoms with E-state index in [2.05, 4.69) is 5.32 Å². The van der Waals surface area contributed by atoms with E-state index in [0.717, 1.165) is 53.6 Å². The van der Waals surface area contributed by atoms with E-state index in [4.69, 9.17) is 4.74 Å². The van der Waals surface area contributed by atoms with Crippen LogP contribution in [0.3, 0.4) is 0 Å². The molecule has 35 heavy (non-hydrogen) atoms. The molecule has 6 heteroatoms. The molecule has 0 radical (unpaired) electrons. The first kappa shape index (κ1) is 25.0. The third kappa shape index (κ3) is 5.75. The fourth-order valence-electron chi connectivity index (χ4n) is 5.57. The van der Waals surface area contributed by atoms with Crippen molar-refractivity contribution in [2.24, 2.45) is 5.92 Å². The number of ketones is 1. The van der Waals surface area contributed by atoms with Gasteiger partial charge in [0, 0.05) is 18.4 Å². The molecule has 0 saturated carbocycles. The second kappa shape index (κ2) is 11.1. The number of alkyl carbamates (subject to hydrolysis) is 1. The van der Waals surface area contributed by atoms with Crippen molar-refractivity contribution in [3.05, 3.63) is 108 Å². The van der Waals surface area contributed by atoms with Crippen LogP contribution in [0.15, 0.2) is 91.0 Å². The Balaban J connectivity index is 0.00000289. The molecular weight excluding hydrogens is 460 g/mol. The molecule has 0 spiro atoms. The zero-order valence-corrected chi connectivity index (χ0v) is 20.4. The summed E-state index contributed by atoms with van der Waals surface area (Å²) in [6, 6.07) is 29.2. The van der Waals surface area contributed by atoms with Crippen molar-refractivity contribution in [2.45, 2.75) is 25.0 Å². The van der Waals surface area contributed by atoms with Gasteiger partial charge in [-0.1, -0.05) is 91.0 Å². The van der Waals surface area contributed by atoms with Gasteiger partial charge in [0.15, 0.2) is 6.10 Å². The van der Waals surface area contributed by atoms with E-state index in [1.807, 2.05) is 91.0 Å². The van der Waals surface area contributed by atoms with Crippen molar-refractivity contribution in [3.8, 4) is 0 Å². The van der Waals surface area contributed by atoms with Gasteiger partial charge in [0.25, 0.3) is 0 Å². The Labute approximate surface area is 213 Å². The molecule has 1 atom stereocenters. The lowest BCUT2D eigenvalue weighted by Gasteiger charge is -2.52. The third-order valence-electron chi connectivity index (χ3n) is 7.41. The number of quaternary nitrogens is 1. The molecule has 3 aromatic carbocycles. The van der Waals surface area contributed by atoms with Gasteiger partial charge in [0.1, 0.15) is 6.54 Å². The molecule has 3 fully saturated rings. The van der Waals surface area contributed by atoms with Gasteiger partial charge in [0.2, 0.25) is 5.78 Å². The topological polar surface area (TPSA) is 55.4 Å². The molecule has 0 unspecified atom stereocenters. The van der Waals surface area contributed by atoms with Crippen LogP contribution in [0.5, 0.6) is 0 Å². The Kier molecular flexibility index (Phi) is 7.89. The molecule has 3 aliphatic rings. The molecule has 3 aromatic rings. The van der Waals surface area contributed by atoms with Gasteiger partial charge >= 0.3 is 6.09 Å². The Morgan fingerprint density at radius 1 is 0.829 bits per heavy atom. The first-order valence-electron chi connectivity index (χ1n) is 12.1. The number of Topliss-reactive ketones (excluding diaryl/α,β-unsaturated/α-hetero) is 1. The fourth-order valence-corrected chi connectivity index (χ4v) is 5.57. The van der Waals surface area contributed by atoms with Crippen LogP contribution in [0.2, 0.25) is 0 Å². The minimum atomic E-state index is -0.466. The smallest absolute Gasteiger partial charge is 0.408 e. The highest BCUT2D eigenvalue weighted by Gasteiger charge is 2.47. The third-order valence-corrected chi connectivity index (χ3v) is 7.41. The van der Waals surface area contributed by atoms with Crippen LogP contribution < -0.4 is 17.7 Å². The molecule has 182 valence electrons. The van der Waals surface area contributed by atoms with Crippen LogP contribution >= 0.6 is 0 Å². The number of hydrogen-bond acceptors (Lipinski definition) is 3. The van der Waals surface area contributed by atoms with Gasteiger partial charge in [-0.3, -0.25) is 4.79 Å². The highest BCUT2D eigenvalue weighted by Crippen LogP contribution is 2.35. The summed E-state index contributed by atoms with van der Waals surface area (Å²) in [5.41, 5.74) is 2.64. The minimum Gasteiger partial charge on any atom is -1.00 e. The summed E-state index contributed by atoms with van der Waals surface area (Å²) in [7, 11) is 0. The summed E-state index contributed by atoms with van der Waals surface area (Å²) in [6.45, 7) is 3.25. The average Bonchev–Trinajstić information content (AvgIpc) is 2.89. The summed E-state index contributed by atoms with van der Waals surface area (Å²) in [5.74, 6) is 0.613. The molecule has 3 aliphatic heterocycles. The van der Waals surface area contributed by atoms with Crippen molar-refractivity contribution in [1.82, 2.24) is 5.32 Å². The predicted octanol–water partition coefficient (Wildman–Crippen LogP) is 2.00. The van der Waals surface area contributed by atoms with Crippen LogP contribution in [0.1, 0.15) is 40.4 Å². The van der Waals surface area contributed by atoms with Crippen molar-refractivity contribution >= 4 is 11.9 Å². The van der Waals surface area contributed by atoms with E-state index in [0.29, 0.717) is 12.5 Å². The number of amides is 1. The van der Waals surface area contributed by atoms with Gasteiger partial charge in [-0.15, -0.1) is 0 Å². The van der Waals surface area contributed by atoms with Gasteiger partial charge < -0.3 is 26.9 Å². The standard InChI is InChI=1S/C29H30N2O3.ClH/c32-27(23-10-4-1-5-11-23)21-31-18-16-22(17-19-31)26(20-31)30-29(33)34-28(24-12-6-2-7-13-24)25-14-8-3-9-15-25;/h1-15,22,26,28H,16-21H2;1H/t22?,26-,31?;/m0./s1. The Bertz CT molecular complexity index is 1080. The second-order valence-electron chi connectivity index (χ2n) is 9.61. The van der Waals surface area contributed by atoms with E-state index >= 15 is 0 Å². The second-order valence-corrected chi connectivity index (χ2v) is 9.61. The van der Waals surface area contributed by atoms with Crippen LogP contribution in [0.4, 0.5) is 4.79 Å². The van der Waals surface area contributed by atoms with Crippen molar-refractivity contribution in [2.75, 3.05) is 26.2 Å². The SMILES string of the molecule is O=C(N[C@H]1C[N+]2(CC(=O)c3ccccc3)CCC1CC2)OC(c1ccccc1)c1ccccc1.[Cl-]. The number of halogens is 1. The molecule has 6 rings (SSSR count). The highest BCUT2D eigenvalue weighted by atomic mass is 35.5. The number of benzene rings is 3. The maximum atomic E-state index is 13.1. The number of rotatable bonds is 7. The Morgan fingerprint density at radius 2 is 1.34 bits per heavy atom. The van der Waals surface area contributed by atoms with Crippen molar-refractivity contribution in [1.29, 1.82) is 0 Å². The molecule has 3 heterocycles. The molecule has 0 aliphatic carbocycles. The fraction of sp³-hybridized carbons (Fsp3) is 0.310. The Hall–Kier alpha value is -3.15. The first-order chi connectivity index (χ1) is 16.6. The Morgan fingerprint density at radius 3 is 1.89 bits per heavy atom. The van der Waals surface area contributed by atoms with Gasteiger partial charge in [-0.05, 0) is 17.0 Å². The van der Waals surface area contributed by atoms with E-state index in [9.17, 15) is 9.59 Å². The van der Waals surface area contributed by atoms with Gasteiger partial charge in [0.05, 0.1) is 25.7 Å². The summed E-state index contributed by atoms with van der Waals surface area (Å²) < 4.78 is 6.74. The molecule has 0 aromatic heterocycles. The van der Waals surface area contributed by atoms with Crippen molar-refractivity contribution in [3.63, 3.8) is 0 Å². The lowest BCUT2D eigenvalue weighted by molar-refractivity contribution is -0.936. The van der Waals surface area contributed by atoms with E-state index in [-0.39, 0.29) is 24.2 Å².